The largest absolute Gasteiger partial charge is 0.497 e. The summed E-state index contributed by atoms with van der Waals surface area (Å²) in [7, 11) is 1.61. The van der Waals surface area contributed by atoms with Crippen molar-refractivity contribution in [2.75, 3.05) is 43.5 Å². The van der Waals surface area contributed by atoms with E-state index in [1.807, 2.05) is 66.7 Å². The number of amides is 1. The number of hydrogen-bond acceptors (Lipinski definition) is 3. The van der Waals surface area contributed by atoms with Crippen molar-refractivity contribution >= 4 is 17.3 Å². The van der Waals surface area contributed by atoms with Crippen molar-refractivity contribution in [2.45, 2.75) is 6.04 Å². The van der Waals surface area contributed by atoms with Crippen molar-refractivity contribution in [3.63, 3.8) is 0 Å². The number of anilines is 2. The highest BCUT2D eigenvalue weighted by Crippen LogP contribution is 2.20. The third kappa shape index (κ3) is 5.03. The standard InChI is InChI=1S/C25H26FN3O2/c1-31-23-9-5-8-21(18-23)27-25(30)24(19-6-3-2-4-7-19)29-16-14-28(15-17-29)22-12-10-20(26)11-13-22/h2-13,18,24H,14-17H2,1H3,(H,27,30)/p+1/t24-/m1/s1. The molecule has 5 nitrogen and oxygen atoms in total. The van der Waals surface area contributed by atoms with Crippen molar-refractivity contribution in [1.29, 1.82) is 0 Å². The molecule has 4 rings (SSSR count). The van der Waals surface area contributed by atoms with Gasteiger partial charge in [0.2, 0.25) is 0 Å². The Bertz CT molecular complexity index is 1000. The van der Waals surface area contributed by atoms with Crippen LogP contribution >= 0.6 is 0 Å². The number of quaternary nitrogens is 1. The van der Waals surface area contributed by atoms with Crippen LogP contribution in [0, 0.1) is 5.82 Å². The number of carbonyl (C=O) groups excluding carboxylic acids is 1. The molecule has 0 aromatic heterocycles. The number of nitrogens with one attached hydrogen (secondary N) is 2. The van der Waals surface area contributed by atoms with Crippen molar-refractivity contribution in [1.82, 2.24) is 0 Å². The van der Waals surface area contributed by atoms with Crippen molar-refractivity contribution in [3.8, 4) is 5.75 Å². The summed E-state index contributed by atoms with van der Waals surface area (Å²) >= 11 is 0. The molecule has 160 valence electrons. The summed E-state index contributed by atoms with van der Waals surface area (Å²) in [6, 6.07) is 23.6. The smallest absolute Gasteiger partial charge is 0.287 e. The van der Waals surface area contributed by atoms with Gasteiger partial charge in [0.25, 0.3) is 5.91 Å². The van der Waals surface area contributed by atoms with Gasteiger partial charge in [-0.1, -0.05) is 36.4 Å². The summed E-state index contributed by atoms with van der Waals surface area (Å²) in [5.74, 6) is 0.436. The molecule has 1 fully saturated rings. The summed E-state index contributed by atoms with van der Waals surface area (Å²) in [4.78, 5) is 16.8. The van der Waals surface area contributed by atoms with Crippen LogP contribution in [0.4, 0.5) is 15.8 Å². The van der Waals surface area contributed by atoms with Crippen molar-refractivity contribution < 1.29 is 18.8 Å². The van der Waals surface area contributed by atoms with E-state index in [2.05, 4.69) is 10.2 Å². The minimum Gasteiger partial charge on any atom is -0.497 e. The topological polar surface area (TPSA) is 46.0 Å². The van der Waals surface area contributed by atoms with Crippen LogP contribution in [-0.4, -0.2) is 39.2 Å². The van der Waals surface area contributed by atoms with Crippen LogP contribution in [0.15, 0.2) is 78.9 Å². The van der Waals surface area contributed by atoms with Crippen molar-refractivity contribution in [2.24, 2.45) is 0 Å². The predicted molar refractivity (Wildman–Crippen MR) is 120 cm³/mol. The van der Waals surface area contributed by atoms with Crippen LogP contribution in [0.3, 0.4) is 0 Å². The van der Waals surface area contributed by atoms with E-state index in [9.17, 15) is 9.18 Å². The number of benzene rings is 3. The van der Waals surface area contributed by atoms with Crippen LogP contribution in [0.1, 0.15) is 11.6 Å². The fourth-order valence-electron chi connectivity index (χ4n) is 4.13. The van der Waals surface area contributed by atoms with Gasteiger partial charge in [0, 0.05) is 23.0 Å². The van der Waals surface area contributed by atoms with Crippen molar-refractivity contribution in [3.05, 3.63) is 90.2 Å². The molecule has 3 aromatic rings. The Balaban J connectivity index is 1.50. The monoisotopic (exact) mass is 420 g/mol. The third-order valence-electron chi connectivity index (χ3n) is 5.74. The molecule has 2 N–H and O–H groups in total. The zero-order valence-electron chi connectivity index (χ0n) is 17.6. The normalized spacial score (nSPS) is 15.4. The lowest BCUT2D eigenvalue weighted by atomic mass is 10.0. The maximum absolute atomic E-state index is 13.4. The number of hydrogen-bond donors (Lipinski definition) is 2. The number of halogens is 1. The quantitative estimate of drug-likeness (QED) is 0.645. The van der Waals surface area contributed by atoms with Crippen LogP contribution in [-0.2, 0) is 4.79 Å². The number of carbonyl (C=O) groups is 1. The predicted octanol–water partition coefficient (Wildman–Crippen LogP) is 2.92. The first-order valence-electron chi connectivity index (χ1n) is 10.5. The number of methoxy groups -OCH3 is 1. The van der Waals surface area contributed by atoms with E-state index in [1.54, 1.807) is 7.11 Å². The number of ether oxygens (including phenoxy) is 1. The van der Waals surface area contributed by atoms with Gasteiger partial charge in [-0.05, 0) is 36.4 Å². The Morgan fingerprint density at radius 2 is 1.71 bits per heavy atom. The minimum absolute atomic E-state index is 0.0373. The molecule has 31 heavy (non-hydrogen) atoms. The van der Waals surface area contributed by atoms with Crippen LogP contribution in [0.2, 0.25) is 0 Å². The van der Waals surface area contributed by atoms with Gasteiger partial charge in [-0.15, -0.1) is 0 Å². The second-order valence-corrected chi connectivity index (χ2v) is 7.69. The minimum atomic E-state index is -0.317. The molecule has 1 saturated heterocycles. The molecular weight excluding hydrogens is 393 g/mol. The van der Waals surface area contributed by atoms with E-state index in [0.29, 0.717) is 5.75 Å². The van der Waals surface area contributed by atoms with E-state index in [0.717, 1.165) is 43.1 Å². The first-order chi connectivity index (χ1) is 15.1. The molecular formula is C25H27FN3O2+. The fraction of sp³-hybridized carbons (Fsp3) is 0.240. The van der Waals surface area contributed by atoms with Gasteiger partial charge >= 0.3 is 0 Å². The average molecular weight is 421 g/mol. The average Bonchev–Trinajstić information content (AvgIpc) is 2.81. The first-order valence-corrected chi connectivity index (χ1v) is 10.5. The number of piperazine rings is 1. The molecule has 0 spiro atoms. The molecule has 0 saturated carbocycles. The van der Waals surface area contributed by atoms with Crippen LogP contribution in [0.5, 0.6) is 5.75 Å². The van der Waals surface area contributed by atoms with E-state index in [-0.39, 0.29) is 17.8 Å². The Morgan fingerprint density at radius 1 is 1.00 bits per heavy atom. The fourth-order valence-corrected chi connectivity index (χ4v) is 4.13. The third-order valence-corrected chi connectivity index (χ3v) is 5.74. The molecule has 1 heterocycles. The van der Waals surface area contributed by atoms with Gasteiger partial charge in [-0.3, -0.25) is 4.79 Å². The SMILES string of the molecule is COc1cccc(NC(=O)[C@@H](c2ccccc2)[NH+]2CCN(c3ccc(F)cc3)CC2)c1. The lowest BCUT2D eigenvalue weighted by Crippen LogP contribution is -3.16. The van der Waals surface area contributed by atoms with Gasteiger partial charge in [0.15, 0.2) is 6.04 Å². The van der Waals surface area contributed by atoms with Crippen LogP contribution < -0.4 is 19.9 Å². The zero-order valence-corrected chi connectivity index (χ0v) is 17.6. The van der Waals surface area contributed by atoms with E-state index in [4.69, 9.17) is 4.74 Å². The van der Waals surface area contributed by atoms with E-state index < -0.39 is 0 Å². The summed E-state index contributed by atoms with van der Waals surface area (Å²) in [6.07, 6.45) is 0. The second-order valence-electron chi connectivity index (χ2n) is 7.69. The van der Waals surface area contributed by atoms with Gasteiger partial charge < -0.3 is 19.9 Å². The van der Waals surface area contributed by atoms with Gasteiger partial charge in [-0.25, -0.2) is 4.39 Å². The number of rotatable bonds is 6. The second kappa shape index (κ2) is 9.62. The lowest BCUT2D eigenvalue weighted by Gasteiger charge is -2.37. The van der Waals surface area contributed by atoms with Gasteiger partial charge in [-0.2, -0.15) is 0 Å². The lowest BCUT2D eigenvalue weighted by molar-refractivity contribution is -0.922. The summed E-state index contributed by atoms with van der Waals surface area (Å²) in [6.45, 7) is 3.22. The van der Waals surface area contributed by atoms with Gasteiger partial charge in [0.1, 0.15) is 11.6 Å². The van der Waals surface area contributed by atoms with E-state index >= 15 is 0 Å². The molecule has 0 unspecified atom stereocenters. The summed E-state index contributed by atoms with van der Waals surface area (Å²) in [5.41, 5.74) is 2.72. The maximum atomic E-state index is 13.4. The molecule has 0 bridgehead atoms. The molecule has 1 aliphatic rings. The highest BCUT2D eigenvalue weighted by Gasteiger charge is 2.34. The highest BCUT2D eigenvalue weighted by atomic mass is 19.1. The zero-order chi connectivity index (χ0) is 21.6. The first kappa shape index (κ1) is 20.9. The molecule has 1 aliphatic heterocycles. The van der Waals surface area contributed by atoms with Gasteiger partial charge in [0.05, 0.1) is 33.3 Å². The molecule has 1 amide bonds. The Hall–Kier alpha value is -3.38. The molecule has 6 heteroatoms. The molecule has 0 radical (unpaired) electrons. The Morgan fingerprint density at radius 3 is 2.39 bits per heavy atom. The maximum Gasteiger partial charge on any atom is 0.287 e. The summed E-state index contributed by atoms with van der Waals surface area (Å²) in [5, 5.41) is 3.07. The Labute approximate surface area is 182 Å². The van der Waals surface area contributed by atoms with Crippen LogP contribution in [0.25, 0.3) is 0 Å². The Kier molecular flexibility index (Phi) is 6.48. The molecule has 3 aromatic carbocycles. The summed E-state index contributed by atoms with van der Waals surface area (Å²) < 4.78 is 18.5. The van der Waals surface area contributed by atoms with E-state index in [1.165, 1.54) is 17.0 Å². The molecule has 1 atom stereocenters. The highest BCUT2D eigenvalue weighted by molar-refractivity contribution is 5.94. The molecule has 0 aliphatic carbocycles. The number of nitrogens with zero attached hydrogens (tertiary/aromatic N) is 1.